The summed E-state index contributed by atoms with van der Waals surface area (Å²) in [4.78, 5) is 0. The third kappa shape index (κ3) is 0.677. The van der Waals surface area contributed by atoms with Crippen molar-refractivity contribution >= 4 is 10.0 Å². The van der Waals surface area contributed by atoms with Gasteiger partial charge in [-0.2, -0.15) is 0 Å². The molecule has 0 aliphatic carbocycles. The first-order chi connectivity index (χ1) is 4.05. The number of hydrogen-bond donors (Lipinski definition) is 1. The minimum Gasteiger partial charge on any atom is -0.339 e. The van der Waals surface area contributed by atoms with Crippen molar-refractivity contribution in [2.75, 3.05) is 6.61 Å². The summed E-state index contributed by atoms with van der Waals surface area (Å²) in [6.45, 7) is 0.355. The average Bonchev–Trinajstić information content (AvgIpc) is 2.46. The van der Waals surface area contributed by atoms with Crippen LogP contribution >= 0.6 is 0 Å². The Morgan fingerprint density at radius 1 is 1.67 bits per heavy atom. The van der Waals surface area contributed by atoms with E-state index >= 15 is 0 Å². The zero-order chi connectivity index (χ0) is 6.70. The van der Waals surface area contributed by atoms with E-state index in [1.807, 2.05) is 0 Å². The van der Waals surface area contributed by atoms with Gasteiger partial charge in [-0.1, -0.05) is 0 Å². The Kier molecular flexibility index (Phi) is 0.715. The predicted octanol–water partition coefficient (Wildman–Crippen LogP) is -1.64. The molecule has 2 heterocycles. The van der Waals surface area contributed by atoms with Gasteiger partial charge in [0.2, 0.25) is 21.2 Å². The molecular weight excluding hydrogens is 146 g/mol. The lowest BCUT2D eigenvalue weighted by Crippen LogP contribution is -2.20. The van der Waals surface area contributed by atoms with Crippen LogP contribution in [-0.4, -0.2) is 26.2 Å². The molecule has 2 saturated heterocycles. The first-order valence-electron chi connectivity index (χ1n) is 2.38. The van der Waals surface area contributed by atoms with Crippen LogP contribution in [0.15, 0.2) is 0 Å². The Morgan fingerprint density at radius 2 is 2.22 bits per heavy atom. The first kappa shape index (κ1) is 5.60. The number of nitrogens with two attached hydrogens (primary N) is 1. The largest absolute Gasteiger partial charge is 0.339 e. The minimum atomic E-state index is -3.52. The second-order valence-corrected chi connectivity index (χ2v) is 3.75. The molecule has 6 heteroatoms. The second-order valence-electron chi connectivity index (χ2n) is 2.14. The van der Waals surface area contributed by atoms with E-state index in [1.165, 1.54) is 0 Å². The van der Waals surface area contributed by atoms with E-state index in [-0.39, 0.29) is 0 Å². The molecule has 2 aliphatic rings. The van der Waals surface area contributed by atoms with E-state index in [0.717, 1.165) is 0 Å². The fraction of sp³-hybridized carbons (Fsp3) is 1.00. The SMILES string of the molecule is NS(=O)(=O)C1OC12CO2. The average molecular weight is 151 g/mol. The van der Waals surface area contributed by atoms with Crippen LogP contribution < -0.4 is 5.14 Å². The maximum Gasteiger partial charge on any atom is 0.242 e. The Morgan fingerprint density at radius 3 is 2.33 bits per heavy atom. The molecule has 1 spiro atoms. The van der Waals surface area contributed by atoms with Crippen LogP contribution in [0.25, 0.3) is 0 Å². The molecule has 2 N–H and O–H groups in total. The number of ether oxygens (including phenoxy) is 2. The number of primary sulfonamides is 1. The molecule has 2 fully saturated rings. The van der Waals surface area contributed by atoms with Crippen LogP contribution in [0.2, 0.25) is 0 Å². The van der Waals surface area contributed by atoms with Crippen molar-refractivity contribution in [1.29, 1.82) is 0 Å². The highest BCUT2D eigenvalue weighted by Crippen LogP contribution is 2.50. The smallest absolute Gasteiger partial charge is 0.242 e. The van der Waals surface area contributed by atoms with Crippen LogP contribution in [0.4, 0.5) is 0 Å². The lowest BCUT2D eigenvalue weighted by Gasteiger charge is -1.82. The van der Waals surface area contributed by atoms with Gasteiger partial charge in [0.05, 0.1) is 0 Å². The predicted molar refractivity (Wildman–Crippen MR) is 26.7 cm³/mol. The minimum absolute atomic E-state index is 0.355. The van der Waals surface area contributed by atoms with Crippen molar-refractivity contribution in [2.45, 2.75) is 11.2 Å². The summed E-state index contributed by atoms with van der Waals surface area (Å²) in [5.41, 5.74) is -0.898. The fourth-order valence-electron chi connectivity index (χ4n) is 0.740. The third-order valence-electron chi connectivity index (χ3n) is 1.34. The van der Waals surface area contributed by atoms with Crippen molar-refractivity contribution in [3.63, 3.8) is 0 Å². The van der Waals surface area contributed by atoms with Crippen molar-refractivity contribution in [3.8, 4) is 0 Å². The van der Waals surface area contributed by atoms with Crippen molar-refractivity contribution in [3.05, 3.63) is 0 Å². The molecule has 2 unspecified atom stereocenters. The van der Waals surface area contributed by atoms with Gasteiger partial charge in [0, 0.05) is 0 Å². The van der Waals surface area contributed by atoms with E-state index in [2.05, 4.69) is 9.47 Å². The van der Waals surface area contributed by atoms with Gasteiger partial charge in [0.25, 0.3) is 0 Å². The highest BCUT2D eigenvalue weighted by molar-refractivity contribution is 7.89. The number of epoxide rings is 2. The van der Waals surface area contributed by atoms with Crippen LogP contribution in [0.1, 0.15) is 0 Å². The molecule has 0 saturated carbocycles. The fourth-order valence-corrected chi connectivity index (χ4v) is 1.67. The highest BCUT2D eigenvalue weighted by atomic mass is 32.2. The van der Waals surface area contributed by atoms with Gasteiger partial charge in [0.15, 0.2) is 0 Å². The molecule has 9 heavy (non-hydrogen) atoms. The highest BCUT2D eigenvalue weighted by Gasteiger charge is 2.74. The molecule has 0 amide bonds. The quantitative estimate of drug-likeness (QED) is 0.455. The maximum absolute atomic E-state index is 10.4. The lowest BCUT2D eigenvalue weighted by atomic mass is 10.6. The van der Waals surface area contributed by atoms with Crippen LogP contribution in [0.3, 0.4) is 0 Å². The summed E-state index contributed by atoms with van der Waals surface area (Å²) in [6.07, 6.45) is 0. The van der Waals surface area contributed by atoms with Gasteiger partial charge in [-0.15, -0.1) is 0 Å². The zero-order valence-electron chi connectivity index (χ0n) is 4.40. The lowest BCUT2D eigenvalue weighted by molar-refractivity contribution is 0.254. The molecule has 0 aromatic carbocycles. The Hall–Kier alpha value is -0.170. The number of sulfonamides is 1. The summed E-state index contributed by atoms with van der Waals surface area (Å²) >= 11 is 0. The van der Waals surface area contributed by atoms with Gasteiger partial charge in [-0.05, 0) is 0 Å². The maximum atomic E-state index is 10.4. The second kappa shape index (κ2) is 1.15. The topological polar surface area (TPSA) is 85.2 Å². The van der Waals surface area contributed by atoms with Crippen LogP contribution in [0.5, 0.6) is 0 Å². The van der Waals surface area contributed by atoms with Gasteiger partial charge >= 0.3 is 0 Å². The molecule has 0 bridgehead atoms. The number of rotatable bonds is 1. The molecule has 0 aromatic rings. The van der Waals surface area contributed by atoms with Gasteiger partial charge in [-0.25, -0.2) is 13.6 Å². The third-order valence-corrected chi connectivity index (χ3v) is 2.39. The Labute approximate surface area is 51.8 Å². The molecule has 2 aliphatic heterocycles. The van der Waals surface area contributed by atoms with Crippen molar-refractivity contribution < 1.29 is 17.9 Å². The van der Waals surface area contributed by atoms with Gasteiger partial charge in [0.1, 0.15) is 6.61 Å². The molecule has 5 nitrogen and oxygen atoms in total. The summed E-state index contributed by atoms with van der Waals surface area (Å²) in [6, 6.07) is 0. The van der Waals surface area contributed by atoms with E-state index in [0.29, 0.717) is 6.61 Å². The Balaban J connectivity index is 2.21. The normalized spacial score (nSPS) is 47.4. The molecule has 0 radical (unpaired) electrons. The number of hydrogen-bond acceptors (Lipinski definition) is 4. The summed E-state index contributed by atoms with van der Waals surface area (Å²) in [7, 11) is -3.52. The van der Waals surface area contributed by atoms with Gasteiger partial charge in [-0.3, -0.25) is 0 Å². The molecule has 2 rings (SSSR count). The van der Waals surface area contributed by atoms with Crippen molar-refractivity contribution in [2.24, 2.45) is 5.14 Å². The molecule has 2 atom stereocenters. The standard InChI is InChI=1S/C3H5NO4S/c4-9(5,6)2-3(8-2)1-7-3/h2H,1H2,(H2,4,5,6). The Bertz CT molecular complexity index is 241. The van der Waals surface area contributed by atoms with E-state index < -0.39 is 21.2 Å². The van der Waals surface area contributed by atoms with Crippen molar-refractivity contribution in [1.82, 2.24) is 0 Å². The molecular formula is C3H5NO4S. The van der Waals surface area contributed by atoms with E-state index in [4.69, 9.17) is 5.14 Å². The van der Waals surface area contributed by atoms with Crippen LogP contribution in [-0.2, 0) is 19.5 Å². The molecule has 0 aromatic heterocycles. The van der Waals surface area contributed by atoms with Gasteiger partial charge < -0.3 is 9.47 Å². The summed E-state index contributed by atoms with van der Waals surface area (Å²) < 4.78 is 30.2. The zero-order valence-corrected chi connectivity index (χ0v) is 5.22. The van der Waals surface area contributed by atoms with E-state index in [9.17, 15) is 8.42 Å². The summed E-state index contributed by atoms with van der Waals surface area (Å²) in [5.74, 6) is -0.812. The van der Waals surface area contributed by atoms with E-state index in [1.54, 1.807) is 0 Å². The van der Waals surface area contributed by atoms with Crippen LogP contribution in [0, 0.1) is 0 Å². The monoisotopic (exact) mass is 151 g/mol. The first-order valence-corrected chi connectivity index (χ1v) is 3.99. The molecule has 52 valence electrons. The summed E-state index contributed by atoms with van der Waals surface area (Å²) in [5, 5.41) is 4.72.